The summed E-state index contributed by atoms with van der Waals surface area (Å²) < 4.78 is 16.3. The molecule has 0 bridgehead atoms. The van der Waals surface area contributed by atoms with Crippen LogP contribution in [0.4, 0.5) is 5.69 Å². The molecule has 2 heterocycles. The zero-order valence-corrected chi connectivity index (χ0v) is 16.6. The third-order valence-corrected chi connectivity index (χ3v) is 5.01. The van der Waals surface area contributed by atoms with E-state index in [0.29, 0.717) is 27.6 Å². The Kier molecular flexibility index (Phi) is 5.91. The van der Waals surface area contributed by atoms with Gasteiger partial charge in [-0.2, -0.15) is 0 Å². The molecular formula is C23H17NO5S. The number of thiophene rings is 1. The van der Waals surface area contributed by atoms with Crippen molar-refractivity contribution in [2.75, 3.05) is 5.32 Å². The number of hydrogen-bond donors (Lipinski definition) is 1. The lowest BCUT2D eigenvalue weighted by molar-refractivity contribution is 0.0697. The zero-order valence-electron chi connectivity index (χ0n) is 15.7. The summed E-state index contributed by atoms with van der Waals surface area (Å²) in [6.45, 7) is 0.179. The number of amides is 1. The molecule has 2 aromatic heterocycles. The molecule has 0 aliphatic rings. The number of ether oxygens (including phenoxy) is 2. The van der Waals surface area contributed by atoms with E-state index < -0.39 is 5.97 Å². The van der Waals surface area contributed by atoms with E-state index in [2.05, 4.69) is 5.32 Å². The zero-order chi connectivity index (χ0) is 20.8. The number of nitrogens with one attached hydrogen (secondary N) is 1. The number of anilines is 1. The Balaban J connectivity index is 1.36. The molecule has 150 valence electrons. The van der Waals surface area contributed by atoms with Crippen molar-refractivity contribution in [1.82, 2.24) is 0 Å². The lowest BCUT2D eigenvalue weighted by atomic mass is 10.2. The summed E-state index contributed by atoms with van der Waals surface area (Å²) in [6.07, 6.45) is 1.42. The van der Waals surface area contributed by atoms with Crippen LogP contribution in [0, 0.1) is 0 Å². The number of furan rings is 1. The van der Waals surface area contributed by atoms with Crippen LogP contribution in [0.5, 0.6) is 11.5 Å². The predicted molar refractivity (Wildman–Crippen MR) is 113 cm³/mol. The predicted octanol–water partition coefficient (Wildman–Crippen LogP) is 5.39. The van der Waals surface area contributed by atoms with E-state index in [4.69, 9.17) is 13.9 Å². The summed E-state index contributed by atoms with van der Waals surface area (Å²) in [6, 6.07) is 21.1. The van der Waals surface area contributed by atoms with Crippen LogP contribution in [0.1, 0.15) is 25.8 Å². The molecule has 0 unspecified atom stereocenters. The molecule has 0 saturated carbocycles. The Hall–Kier alpha value is -3.84. The lowest BCUT2D eigenvalue weighted by Gasteiger charge is -2.08. The summed E-state index contributed by atoms with van der Waals surface area (Å²) in [5.74, 6) is 0.301. The van der Waals surface area contributed by atoms with E-state index in [0.717, 1.165) is 0 Å². The van der Waals surface area contributed by atoms with E-state index >= 15 is 0 Å². The first-order chi connectivity index (χ1) is 14.7. The molecule has 7 heteroatoms. The summed E-state index contributed by atoms with van der Waals surface area (Å²) >= 11 is 1.36. The molecule has 30 heavy (non-hydrogen) atoms. The van der Waals surface area contributed by atoms with Gasteiger partial charge in [-0.1, -0.05) is 24.3 Å². The fourth-order valence-electron chi connectivity index (χ4n) is 2.67. The van der Waals surface area contributed by atoms with Gasteiger partial charge in [0.05, 0.1) is 11.1 Å². The van der Waals surface area contributed by atoms with Crippen LogP contribution in [0.25, 0.3) is 0 Å². The van der Waals surface area contributed by atoms with Gasteiger partial charge in [-0.05, 0) is 53.9 Å². The number of rotatable bonds is 7. The first-order valence-corrected chi connectivity index (χ1v) is 9.98. The van der Waals surface area contributed by atoms with Crippen molar-refractivity contribution in [3.63, 3.8) is 0 Å². The van der Waals surface area contributed by atoms with Crippen LogP contribution < -0.4 is 14.8 Å². The maximum absolute atomic E-state index is 12.5. The van der Waals surface area contributed by atoms with Gasteiger partial charge in [-0.25, -0.2) is 4.79 Å². The second-order valence-electron chi connectivity index (χ2n) is 6.22. The summed E-state index contributed by atoms with van der Waals surface area (Å²) in [5, 5.41) is 4.63. The van der Waals surface area contributed by atoms with Gasteiger partial charge in [0, 0.05) is 11.3 Å². The fourth-order valence-corrected chi connectivity index (χ4v) is 3.29. The van der Waals surface area contributed by atoms with Crippen LogP contribution >= 0.6 is 11.3 Å². The Bertz CT molecular complexity index is 1120. The van der Waals surface area contributed by atoms with Gasteiger partial charge < -0.3 is 19.2 Å². The second kappa shape index (κ2) is 9.11. The van der Waals surface area contributed by atoms with Crippen LogP contribution in [0.3, 0.4) is 0 Å². The molecule has 0 saturated heterocycles. The molecule has 0 radical (unpaired) electrons. The summed E-state index contributed by atoms with van der Waals surface area (Å²) in [7, 11) is 0. The van der Waals surface area contributed by atoms with E-state index in [1.807, 2.05) is 41.8 Å². The van der Waals surface area contributed by atoms with Crippen molar-refractivity contribution < 1.29 is 23.5 Å². The van der Waals surface area contributed by atoms with Gasteiger partial charge in [0.15, 0.2) is 0 Å². The second-order valence-corrected chi connectivity index (χ2v) is 7.17. The molecule has 0 atom stereocenters. The van der Waals surface area contributed by atoms with Gasteiger partial charge in [0.25, 0.3) is 5.91 Å². The summed E-state index contributed by atoms with van der Waals surface area (Å²) in [4.78, 5) is 25.2. The Morgan fingerprint density at radius 1 is 0.900 bits per heavy atom. The minimum atomic E-state index is -0.623. The highest BCUT2D eigenvalue weighted by molar-refractivity contribution is 7.12. The molecule has 4 rings (SSSR count). The van der Waals surface area contributed by atoms with Crippen LogP contribution in [-0.4, -0.2) is 11.9 Å². The summed E-state index contributed by atoms with van der Waals surface area (Å²) in [5.41, 5.74) is 1.19. The average molecular weight is 419 g/mol. The Morgan fingerprint density at radius 3 is 2.43 bits per heavy atom. The van der Waals surface area contributed by atoms with Gasteiger partial charge in [-0.3, -0.25) is 4.79 Å². The highest BCUT2D eigenvalue weighted by Gasteiger charge is 2.18. The number of carbonyl (C=O) groups is 2. The van der Waals surface area contributed by atoms with Gasteiger partial charge in [-0.15, -0.1) is 11.3 Å². The Morgan fingerprint density at radius 2 is 1.70 bits per heavy atom. The minimum Gasteiger partial charge on any atom is -0.489 e. The van der Waals surface area contributed by atoms with Crippen molar-refractivity contribution in [3.8, 4) is 11.5 Å². The Labute approximate surface area is 176 Å². The maximum atomic E-state index is 12.5. The van der Waals surface area contributed by atoms with Crippen molar-refractivity contribution in [3.05, 3.63) is 101 Å². The quantitative estimate of drug-likeness (QED) is 0.321. The van der Waals surface area contributed by atoms with E-state index in [1.165, 1.54) is 17.6 Å². The smallest absolute Gasteiger partial charge is 0.380 e. The first-order valence-electron chi connectivity index (χ1n) is 9.10. The van der Waals surface area contributed by atoms with Crippen molar-refractivity contribution in [1.29, 1.82) is 0 Å². The molecule has 1 N–H and O–H groups in total. The number of benzene rings is 2. The lowest BCUT2D eigenvalue weighted by Crippen LogP contribution is -2.12. The minimum absolute atomic E-state index is 0.0843. The highest BCUT2D eigenvalue weighted by Crippen LogP contribution is 2.21. The van der Waals surface area contributed by atoms with Crippen molar-refractivity contribution >= 4 is 28.9 Å². The first kappa shape index (κ1) is 19.5. The molecule has 2 aromatic carbocycles. The van der Waals surface area contributed by atoms with Crippen LogP contribution in [0.2, 0.25) is 0 Å². The van der Waals surface area contributed by atoms with E-state index in [1.54, 1.807) is 36.4 Å². The van der Waals surface area contributed by atoms with Gasteiger partial charge in [0.2, 0.25) is 5.76 Å². The van der Waals surface area contributed by atoms with Crippen LogP contribution in [0.15, 0.2) is 88.9 Å². The topological polar surface area (TPSA) is 77.8 Å². The van der Waals surface area contributed by atoms with Crippen molar-refractivity contribution in [2.45, 2.75) is 6.61 Å². The molecule has 1 amide bonds. The molecule has 0 aliphatic carbocycles. The average Bonchev–Trinajstić information content (AvgIpc) is 3.47. The maximum Gasteiger partial charge on any atom is 0.380 e. The van der Waals surface area contributed by atoms with Crippen LogP contribution in [-0.2, 0) is 6.61 Å². The van der Waals surface area contributed by atoms with Gasteiger partial charge >= 0.3 is 5.97 Å². The van der Waals surface area contributed by atoms with E-state index in [9.17, 15) is 9.59 Å². The molecule has 0 aliphatic heterocycles. The third-order valence-electron chi connectivity index (χ3n) is 4.14. The monoisotopic (exact) mass is 419 g/mol. The standard InChI is InChI=1S/C23H17NO5S/c25-22(20-7-4-14-30-20)24-17-8-10-19(11-9-17)29-23(26)21-16(12-13-27-21)15-28-18-5-2-1-3-6-18/h1-14H,15H2,(H,24,25). The largest absolute Gasteiger partial charge is 0.489 e. The number of hydrogen-bond acceptors (Lipinski definition) is 6. The molecule has 0 fully saturated rings. The van der Waals surface area contributed by atoms with Gasteiger partial charge in [0.1, 0.15) is 18.1 Å². The SMILES string of the molecule is O=C(Nc1ccc(OC(=O)c2occc2COc2ccccc2)cc1)c1cccs1. The molecule has 0 spiro atoms. The highest BCUT2D eigenvalue weighted by atomic mass is 32.1. The number of carbonyl (C=O) groups excluding carboxylic acids is 2. The number of para-hydroxylation sites is 1. The van der Waals surface area contributed by atoms with Crippen molar-refractivity contribution in [2.24, 2.45) is 0 Å². The third kappa shape index (κ3) is 4.76. The number of esters is 1. The normalized spacial score (nSPS) is 10.4. The molecule has 6 nitrogen and oxygen atoms in total. The fraction of sp³-hybridized carbons (Fsp3) is 0.0435. The molecule has 4 aromatic rings. The van der Waals surface area contributed by atoms with E-state index in [-0.39, 0.29) is 18.3 Å². The molecular weight excluding hydrogens is 402 g/mol.